The van der Waals surface area contributed by atoms with Crippen LogP contribution in [0, 0.1) is 12.3 Å². The van der Waals surface area contributed by atoms with Gasteiger partial charge in [-0.25, -0.2) is 0 Å². The van der Waals surface area contributed by atoms with E-state index in [9.17, 15) is 9.59 Å². The number of terminal acetylenes is 1. The number of carbonyl (C=O) groups excluding carboxylic acids is 2. The fourth-order valence-electron chi connectivity index (χ4n) is 3.29. The van der Waals surface area contributed by atoms with Crippen LogP contribution in [0.4, 0.5) is 0 Å². The average molecular weight is 332 g/mol. The standard InChI is InChI=1S/C17H24N4O3/c1-2-3-7-17(18-19-17)8-6-15(22)20-9-11-21(12-10-20)16(23)14-5-4-13-24-14/h1,14H,3-13H2. The fourth-order valence-corrected chi connectivity index (χ4v) is 3.29. The predicted octanol–water partition coefficient (Wildman–Crippen LogP) is 1.19. The molecular formula is C17H24N4O3. The number of amides is 2. The van der Waals surface area contributed by atoms with E-state index in [4.69, 9.17) is 11.2 Å². The minimum atomic E-state index is -0.403. The highest BCUT2D eigenvalue weighted by molar-refractivity contribution is 5.82. The second-order valence-corrected chi connectivity index (χ2v) is 6.59. The molecule has 0 aromatic rings. The van der Waals surface area contributed by atoms with Crippen LogP contribution >= 0.6 is 0 Å². The minimum Gasteiger partial charge on any atom is -0.368 e. The van der Waals surface area contributed by atoms with Crippen molar-refractivity contribution in [1.29, 1.82) is 0 Å². The largest absolute Gasteiger partial charge is 0.368 e. The zero-order valence-corrected chi connectivity index (χ0v) is 13.9. The zero-order chi connectivity index (χ0) is 17.0. The molecule has 0 aliphatic carbocycles. The number of nitrogens with zero attached hydrogens (tertiary/aromatic N) is 4. The van der Waals surface area contributed by atoms with Crippen molar-refractivity contribution in [2.75, 3.05) is 32.8 Å². The van der Waals surface area contributed by atoms with Crippen molar-refractivity contribution in [2.24, 2.45) is 10.2 Å². The summed E-state index contributed by atoms with van der Waals surface area (Å²) < 4.78 is 5.45. The molecule has 1 unspecified atom stereocenters. The summed E-state index contributed by atoms with van der Waals surface area (Å²) in [4.78, 5) is 28.3. The van der Waals surface area contributed by atoms with E-state index in [1.54, 1.807) is 0 Å². The smallest absolute Gasteiger partial charge is 0.251 e. The maximum absolute atomic E-state index is 12.4. The monoisotopic (exact) mass is 332 g/mol. The van der Waals surface area contributed by atoms with Crippen molar-refractivity contribution in [3.63, 3.8) is 0 Å². The van der Waals surface area contributed by atoms with E-state index in [0.717, 1.165) is 19.3 Å². The van der Waals surface area contributed by atoms with E-state index in [1.165, 1.54) is 0 Å². The Morgan fingerprint density at radius 3 is 2.46 bits per heavy atom. The summed E-state index contributed by atoms with van der Waals surface area (Å²) in [7, 11) is 0. The molecule has 1 atom stereocenters. The van der Waals surface area contributed by atoms with Gasteiger partial charge in [0.1, 0.15) is 6.10 Å². The van der Waals surface area contributed by atoms with Crippen molar-refractivity contribution in [2.45, 2.75) is 50.3 Å². The number of hydrogen-bond acceptors (Lipinski definition) is 5. The lowest BCUT2D eigenvalue weighted by atomic mass is 10.0. The Morgan fingerprint density at radius 1 is 1.17 bits per heavy atom. The third-order valence-electron chi connectivity index (χ3n) is 4.94. The van der Waals surface area contributed by atoms with Gasteiger partial charge in [0, 0.05) is 58.5 Å². The van der Waals surface area contributed by atoms with Gasteiger partial charge < -0.3 is 14.5 Å². The van der Waals surface area contributed by atoms with Crippen LogP contribution in [0.15, 0.2) is 10.2 Å². The molecule has 3 aliphatic heterocycles. The van der Waals surface area contributed by atoms with E-state index >= 15 is 0 Å². The summed E-state index contributed by atoms with van der Waals surface area (Å²) >= 11 is 0. The van der Waals surface area contributed by atoms with Gasteiger partial charge in [-0.15, -0.1) is 12.3 Å². The molecule has 0 aromatic carbocycles. The maximum Gasteiger partial charge on any atom is 0.251 e. The van der Waals surface area contributed by atoms with Gasteiger partial charge in [0.15, 0.2) is 5.66 Å². The van der Waals surface area contributed by atoms with E-state index in [-0.39, 0.29) is 17.9 Å². The van der Waals surface area contributed by atoms with Gasteiger partial charge in [-0.3, -0.25) is 9.59 Å². The van der Waals surface area contributed by atoms with E-state index in [0.29, 0.717) is 52.0 Å². The third kappa shape index (κ3) is 3.93. The second kappa shape index (κ2) is 7.31. The Hall–Kier alpha value is -1.94. The number of hydrogen-bond donors (Lipinski definition) is 0. The lowest BCUT2D eigenvalue weighted by molar-refractivity contribution is -0.146. The SMILES string of the molecule is C#CCCC1(CCC(=O)N2CCN(C(=O)C3CCCO3)CC2)N=N1. The summed E-state index contributed by atoms with van der Waals surface area (Å²) in [5.74, 6) is 2.77. The van der Waals surface area contributed by atoms with E-state index < -0.39 is 5.66 Å². The number of rotatable bonds is 6. The van der Waals surface area contributed by atoms with Gasteiger partial charge in [0.05, 0.1) is 0 Å². The molecule has 3 heterocycles. The van der Waals surface area contributed by atoms with Crippen molar-refractivity contribution in [3.05, 3.63) is 0 Å². The van der Waals surface area contributed by atoms with Gasteiger partial charge in [-0.05, 0) is 12.8 Å². The average Bonchev–Trinajstić information content (AvgIpc) is 3.17. The van der Waals surface area contributed by atoms with Crippen molar-refractivity contribution < 1.29 is 14.3 Å². The predicted molar refractivity (Wildman–Crippen MR) is 87.0 cm³/mol. The molecule has 3 rings (SSSR count). The first-order valence-corrected chi connectivity index (χ1v) is 8.69. The molecule has 0 bridgehead atoms. The van der Waals surface area contributed by atoms with Crippen LogP contribution in [0.2, 0.25) is 0 Å². The summed E-state index contributed by atoms with van der Waals surface area (Å²) in [6.07, 6.45) is 9.16. The molecule has 0 spiro atoms. The lowest BCUT2D eigenvalue weighted by Crippen LogP contribution is -2.52. The minimum absolute atomic E-state index is 0.0726. The Kier molecular flexibility index (Phi) is 5.14. The fraction of sp³-hybridized carbons (Fsp3) is 0.765. The highest BCUT2D eigenvalue weighted by Gasteiger charge is 2.40. The van der Waals surface area contributed by atoms with Gasteiger partial charge in [-0.2, -0.15) is 10.2 Å². The summed E-state index contributed by atoms with van der Waals surface area (Å²) in [5, 5.41) is 8.12. The number of ether oxygens (including phenoxy) is 1. The van der Waals surface area contributed by atoms with Gasteiger partial charge in [0.2, 0.25) is 5.91 Å². The van der Waals surface area contributed by atoms with E-state index in [1.807, 2.05) is 9.80 Å². The summed E-state index contributed by atoms with van der Waals surface area (Å²) in [6.45, 7) is 3.01. The molecule has 0 N–H and O–H groups in total. The molecule has 3 aliphatic rings. The van der Waals surface area contributed by atoms with E-state index in [2.05, 4.69) is 16.1 Å². The van der Waals surface area contributed by atoms with Crippen molar-refractivity contribution >= 4 is 11.8 Å². The Balaban J connectivity index is 1.39. The zero-order valence-electron chi connectivity index (χ0n) is 13.9. The summed E-state index contributed by atoms with van der Waals surface area (Å²) in [6, 6.07) is 0. The molecule has 130 valence electrons. The van der Waals surface area contributed by atoms with Crippen LogP contribution < -0.4 is 0 Å². The highest BCUT2D eigenvalue weighted by Crippen LogP contribution is 2.37. The molecule has 0 saturated carbocycles. The van der Waals surface area contributed by atoms with Gasteiger partial charge in [-0.1, -0.05) is 0 Å². The quantitative estimate of drug-likeness (QED) is 0.686. The molecule has 24 heavy (non-hydrogen) atoms. The van der Waals surface area contributed by atoms with Crippen LogP contribution in [0.1, 0.15) is 38.5 Å². The van der Waals surface area contributed by atoms with Crippen LogP contribution in [0.3, 0.4) is 0 Å². The van der Waals surface area contributed by atoms with Crippen LogP contribution in [-0.4, -0.2) is 66.2 Å². The first-order chi connectivity index (χ1) is 11.6. The third-order valence-corrected chi connectivity index (χ3v) is 4.94. The van der Waals surface area contributed by atoms with Gasteiger partial charge >= 0.3 is 0 Å². The summed E-state index contributed by atoms with van der Waals surface area (Å²) in [5.41, 5.74) is -0.403. The molecule has 0 aromatic heterocycles. The van der Waals surface area contributed by atoms with Crippen LogP contribution in [-0.2, 0) is 14.3 Å². The van der Waals surface area contributed by atoms with Crippen molar-refractivity contribution in [1.82, 2.24) is 9.80 Å². The molecule has 2 amide bonds. The number of piperazine rings is 1. The molecular weight excluding hydrogens is 308 g/mol. The van der Waals surface area contributed by atoms with Crippen molar-refractivity contribution in [3.8, 4) is 12.3 Å². The highest BCUT2D eigenvalue weighted by atomic mass is 16.5. The first-order valence-electron chi connectivity index (χ1n) is 8.69. The van der Waals surface area contributed by atoms with Crippen LogP contribution in [0.5, 0.6) is 0 Å². The topological polar surface area (TPSA) is 74.6 Å². The normalized spacial score (nSPS) is 24.7. The molecule has 7 heteroatoms. The van der Waals surface area contributed by atoms with Crippen LogP contribution in [0.25, 0.3) is 0 Å². The molecule has 0 radical (unpaired) electrons. The lowest BCUT2D eigenvalue weighted by Gasteiger charge is -2.36. The maximum atomic E-state index is 12.4. The Bertz CT molecular complexity index is 549. The first kappa shape index (κ1) is 16.9. The molecule has 2 saturated heterocycles. The Morgan fingerprint density at radius 2 is 1.88 bits per heavy atom. The molecule has 2 fully saturated rings. The second-order valence-electron chi connectivity index (χ2n) is 6.59. The van der Waals surface area contributed by atoms with Gasteiger partial charge in [0.25, 0.3) is 5.91 Å². The number of carbonyl (C=O) groups is 2. The molecule has 7 nitrogen and oxygen atoms in total. The Labute approximate surface area is 142 Å².